The van der Waals surface area contributed by atoms with Gasteiger partial charge in [0, 0.05) is 24.4 Å². The summed E-state index contributed by atoms with van der Waals surface area (Å²) in [6.45, 7) is 10.3. The zero-order valence-corrected chi connectivity index (χ0v) is 15.2. The molecule has 0 fully saturated rings. The molecule has 0 radical (unpaired) electrons. The molecule has 0 aliphatic rings. The lowest BCUT2D eigenvalue weighted by Crippen LogP contribution is -2.33. The summed E-state index contributed by atoms with van der Waals surface area (Å²) in [6, 6.07) is 2.06. The molecular weight excluding hydrogens is 304 g/mol. The number of aliphatic hydroxyl groups excluding tert-OH is 1. The first-order valence-corrected chi connectivity index (χ1v) is 8.65. The number of nitrogens with one attached hydrogen (secondary N) is 1. The predicted octanol–water partition coefficient (Wildman–Crippen LogP) is 3.03. The molecule has 0 aliphatic carbocycles. The molecule has 1 unspecified atom stereocenters. The highest BCUT2D eigenvalue weighted by Gasteiger charge is 2.19. The molecule has 0 saturated carbocycles. The van der Waals surface area contributed by atoms with E-state index in [-0.39, 0.29) is 30.5 Å². The Bertz CT molecular complexity index is 706. The van der Waals surface area contributed by atoms with E-state index < -0.39 is 0 Å². The van der Waals surface area contributed by atoms with Crippen LogP contribution in [0.25, 0.3) is 11.0 Å². The van der Waals surface area contributed by atoms with Gasteiger partial charge in [0.15, 0.2) is 5.65 Å². The van der Waals surface area contributed by atoms with Crippen molar-refractivity contribution in [2.45, 2.75) is 65.5 Å². The Morgan fingerprint density at radius 2 is 2.00 bits per heavy atom. The molecule has 132 valence electrons. The summed E-state index contributed by atoms with van der Waals surface area (Å²) in [5.41, 5.74) is 2.26. The Labute approximate surface area is 143 Å². The molecule has 6 nitrogen and oxygen atoms in total. The van der Waals surface area contributed by atoms with Crippen molar-refractivity contribution in [3.8, 4) is 0 Å². The van der Waals surface area contributed by atoms with Crippen LogP contribution in [-0.2, 0) is 0 Å². The van der Waals surface area contributed by atoms with E-state index in [9.17, 15) is 4.79 Å². The van der Waals surface area contributed by atoms with Crippen LogP contribution in [0.2, 0.25) is 0 Å². The highest BCUT2D eigenvalue weighted by atomic mass is 16.3. The largest absolute Gasteiger partial charge is 0.396 e. The first kappa shape index (κ1) is 18.4. The Morgan fingerprint density at radius 3 is 2.58 bits per heavy atom. The van der Waals surface area contributed by atoms with Gasteiger partial charge in [0.05, 0.1) is 17.1 Å². The smallest absolute Gasteiger partial charge is 0.252 e. The maximum absolute atomic E-state index is 12.7. The number of pyridine rings is 1. The van der Waals surface area contributed by atoms with Gasteiger partial charge in [-0.15, -0.1) is 0 Å². The van der Waals surface area contributed by atoms with Crippen LogP contribution >= 0.6 is 0 Å². The molecule has 0 bridgehead atoms. The highest BCUT2D eigenvalue weighted by Crippen LogP contribution is 2.24. The second kappa shape index (κ2) is 7.75. The van der Waals surface area contributed by atoms with Crippen LogP contribution in [0.1, 0.15) is 75.5 Å². The normalized spacial score (nSPS) is 13.0. The molecule has 1 atom stereocenters. The third-order valence-electron chi connectivity index (χ3n) is 4.08. The number of aliphatic hydroxyl groups is 1. The van der Waals surface area contributed by atoms with Gasteiger partial charge in [-0.25, -0.2) is 9.67 Å². The van der Waals surface area contributed by atoms with Crippen molar-refractivity contribution in [2.24, 2.45) is 0 Å². The number of aromatic nitrogens is 3. The number of fused-ring (bicyclic) bond motifs is 1. The zero-order valence-electron chi connectivity index (χ0n) is 15.2. The highest BCUT2D eigenvalue weighted by molar-refractivity contribution is 6.05. The van der Waals surface area contributed by atoms with E-state index in [0.29, 0.717) is 12.0 Å². The summed E-state index contributed by atoms with van der Waals surface area (Å²) in [5, 5.41) is 17.1. The number of rotatable bonds is 7. The minimum Gasteiger partial charge on any atom is -0.396 e. The van der Waals surface area contributed by atoms with Crippen molar-refractivity contribution in [2.75, 3.05) is 6.61 Å². The molecule has 0 aromatic carbocycles. The van der Waals surface area contributed by atoms with Crippen LogP contribution in [0, 0.1) is 0 Å². The van der Waals surface area contributed by atoms with Crippen molar-refractivity contribution in [1.29, 1.82) is 0 Å². The van der Waals surface area contributed by atoms with Gasteiger partial charge in [0.1, 0.15) is 0 Å². The number of hydrogen-bond donors (Lipinski definition) is 2. The topological polar surface area (TPSA) is 80.0 Å². The zero-order chi connectivity index (χ0) is 17.9. The fourth-order valence-corrected chi connectivity index (χ4v) is 2.67. The Kier molecular flexibility index (Phi) is 5.94. The van der Waals surface area contributed by atoms with E-state index in [2.05, 4.69) is 24.3 Å². The molecule has 2 rings (SSSR count). The van der Waals surface area contributed by atoms with Gasteiger partial charge in [0.2, 0.25) is 0 Å². The number of hydrogen-bond acceptors (Lipinski definition) is 4. The molecule has 2 aromatic heterocycles. The second-order valence-electron chi connectivity index (χ2n) is 6.91. The van der Waals surface area contributed by atoms with Gasteiger partial charge in [-0.2, -0.15) is 5.10 Å². The van der Waals surface area contributed by atoms with Crippen molar-refractivity contribution < 1.29 is 9.90 Å². The molecule has 2 N–H and O–H groups in total. The van der Waals surface area contributed by atoms with Gasteiger partial charge in [-0.3, -0.25) is 4.79 Å². The van der Waals surface area contributed by atoms with E-state index in [1.165, 1.54) is 0 Å². The van der Waals surface area contributed by atoms with Crippen LogP contribution < -0.4 is 5.32 Å². The third-order valence-corrected chi connectivity index (χ3v) is 4.08. The lowest BCUT2D eigenvalue weighted by Gasteiger charge is -2.15. The fourth-order valence-electron chi connectivity index (χ4n) is 2.67. The average molecular weight is 332 g/mol. The van der Waals surface area contributed by atoms with Gasteiger partial charge >= 0.3 is 0 Å². The monoisotopic (exact) mass is 332 g/mol. The SMILES string of the molecule is CC(CCCO)NC(=O)c1cc(C(C)C)nc2c1cnn2C(C)C. The van der Waals surface area contributed by atoms with Crippen LogP contribution in [0.4, 0.5) is 0 Å². The summed E-state index contributed by atoms with van der Waals surface area (Å²) in [5.74, 6) is 0.112. The van der Waals surface area contributed by atoms with E-state index in [1.807, 2.05) is 31.5 Å². The number of carbonyl (C=O) groups excluding carboxylic acids is 1. The molecule has 0 aliphatic heterocycles. The minimum atomic E-state index is -0.113. The first-order valence-electron chi connectivity index (χ1n) is 8.65. The molecule has 1 amide bonds. The maximum Gasteiger partial charge on any atom is 0.252 e. The summed E-state index contributed by atoms with van der Waals surface area (Å²) >= 11 is 0. The number of nitrogens with zero attached hydrogens (tertiary/aromatic N) is 3. The summed E-state index contributed by atoms with van der Waals surface area (Å²) in [7, 11) is 0. The maximum atomic E-state index is 12.7. The van der Waals surface area contributed by atoms with E-state index >= 15 is 0 Å². The molecular formula is C18H28N4O2. The van der Waals surface area contributed by atoms with Gasteiger partial charge < -0.3 is 10.4 Å². The minimum absolute atomic E-state index is 0.00973. The van der Waals surface area contributed by atoms with E-state index in [4.69, 9.17) is 10.1 Å². The molecule has 0 saturated heterocycles. The lowest BCUT2D eigenvalue weighted by atomic mass is 10.0. The Balaban J connectivity index is 2.42. The van der Waals surface area contributed by atoms with Gasteiger partial charge in [-0.05, 0) is 45.6 Å². The van der Waals surface area contributed by atoms with Crippen LogP contribution in [-0.4, -0.2) is 38.4 Å². The Hall–Kier alpha value is -1.95. The van der Waals surface area contributed by atoms with Gasteiger partial charge in [-0.1, -0.05) is 13.8 Å². The van der Waals surface area contributed by atoms with Crippen molar-refractivity contribution >= 4 is 16.9 Å². The average Bonchev–Trinajstić information content (AvgIpc) is 2.95. The summed E-state index contributed by atoms with van der Waals surface area (Å²) < 4.78 is 1.85. The summed E-state index contributed by atoms with van der Waals surface area (Å²) in [6.07, 6.45) is 3.15. The van der Waals surface area contributed by atoms with Crippen molar-refractivity contribution in [3.05, 3.63) is 23.5 Å². The van der Waals surface area contributed by atoms with E-state index in [1.54, 1.807) is 6.20 Å². The molecule has 0 spiro atoms. The lowest BCUT2D eigenvalue weighted by molar-refractivity contribution is 0.0938. The molecule has 6 heteroatoms. The van der Waals surface area contributed by atoms with Crippen LogP contribution in [0.15, 0.2) is 12.3 Å². The number of carbonyl (C=O) groups is 1. The third kappa shape index (κ3) is 3.93. The summed E-state index contributed by atoms with van der Waals surface area (Å²) in [4.78, 5) is 17.5. The van der Waals surface area contributed by atoms with Crippen molar-refractivity contribution in [1.82, 2.24) is 20.1 Å². The molecule has 24 heavy (non-hydrogen) atoms. The Morgan fingerprint density at radius 1 is 1.29 bits per heavy atom. The van der Waals surface area contributed by atoms with E-state index in [0.717, 1.165) is 23.1 Å². The second-order valence-corrected chi connectivity index (χ2v) is 6.91. The quantitative estimate of drug-likeness (QED) is 0.817. The van der Waals surface area contributed by atoms with Crippen molar-refractivity contribution in [3.63, 3.8) is 0 Å². The van der Waals surface area contributed by atoms with Crippen LogP contribution in [0.3, 0.4) is 0 Å². The van der Waals surface area contributed by atoms with Gasteiger partial charge in [0.25, 0.3) is 5.91 Å². The van der Waals surface area contributed by atoms with Crippen LogP contribution in [0.5, 0.6) is 0 Å². The first-order chi connectivity index (χ1) is 11.3. The fraction of sp³-hybridized carbons (Fsp3) is 0.611. The molecule has 2 heterocycles. The standard InChI is InChI=1S/C18H28N4O2/c1-11(2)16-9-14(18(24)20-13(5)7-6-8-23)15-10-19-22(12(3)4)17(15)21-16/h9-13,23H,6-8H2,1-5H3,(H,20,24). The molecule has 2 aromatic rings. The predicted molar refractivity (Wildman–Crippen MR) is 95.3 cm³/mol. The number of amides is 1.